The molecule has 7 rings (SSSR count). The quantitative estimate of drug-likeness (QED) is 0.257. The van der Waals surface area contributed by atoms with Gasteiger partial charge in [0.25, 0.3) is 0 Å². The molecule has 1 saturated heterocycles. The van der Waals surface area contributed by atoms with E-state index in [4.69, 9.17) is 5.73 Å². The zero-order valence-corrected chi connectivity index (χ0v) is 24.7. The van der Waals surface area contributed by atoms with Crippen LogP contribution in [0.5, 0.6) is 5.75 Å². The third-order valence-electron chi connectivity index (χ3n) is 12.1. The lowest BCUT2D eigenvalue weighted by molar-refractivity contribution is -0.261. The van der Waals surface area contributed by atoms with Gasteiger partial charge in [0.05, 0.1) is 24.2 Å². The molecular formula is C34H46N2O7. The van der Waals surface area contributed by atoms with E-state index < -0.39 is 53.7 Å². The maximum atomic E-state index is 12.9. The molecule has 8 unspecified atom stereocenters. The van der Waals surface area contributed by atoms with Crippen LogP contribution in [0, 0.1) is 35.5 Å². The number of aromatic hydroxyl groups is 1. The van der Waals surface area contributed by atoms with Crippen LogP contribution in [0.1, 0.15) is 74.2 Å². The summed E-state index contributed by atoms with van der Waals surface area (Å²) in [6, 6.07) is 3.59. The highest BCUT2D eigenvalue weighted by molar-refractivity contribution is 5.84. The van der Waals surface area contributed by atoms with Gasteiger partial charge in [-0.3, -0.25) is 9.69 Å². The summed E-state index contributed by atoms with van der Waals surface area (Å²) in [5.74, 6) is -2.97. The number of hydrogen-bond donors (Lipinski definition) is 7. The molecule has 0 radical (unpaired) electrons. The topological polar surface area (TPSA) is 168 Å². The van der Waals surface area contributed by atoms with E-state index in [0.717, 1.165) is 43.6 Å². The number of fused-ring (bicyclic) bond motifs is 4. The lowest BCUT2D eigenvalue weighted by Crippen LogP contribution is -2.71. The summed E-state index contributed by atoms with van der Waals surface area (Å²) in [5, 5.41) is 67.3. The Hall–Kier alpha value is -2.11. The smallest absolute Gasteiger partial charge is 0.143 e. The number of allylic oxidation sites excluding steroid dienone is 3. The van der Waals surface area contributed by atoms with Crippen molar-refractivity contribution >= 4 is 11.4 Å². The number of aliphatic hydroxyl groups excluding tert-OH is 4. The van der Waals surface area contributed by atoms with Gasteiger partial charge in [-0.1, -0.05) is 36.6 Å². The molecule has 1 aliphatic heterocycles. The Labute approximate surface area is 252 Å². The minimum absolute atomic E-state index is 0.0532. The van der Waals surface area contributed by atoms with Gasteiger partial charge in [0.1, 0.15) is 23.4 Å². The molecule has 5 aliphatic carbocycles. The average Bonchev–Trinajstić information content (AvgIpc) is 3.49. The van der Waals surface area contributed by atoms with Gasteiger partial charge in [-0.25, -0.2) is 0 Å². The number of phenolic OH excluding ortho intramolecular Hbond substituents is 1. The molecule has 1 heterocycles. The number of Topliss-reactive ketones (excluding diaryl/α,β-unsaturated/α-hetero) is 1. The first-order chi connectivity index (χ1) is 20.6. The van der Waals surface area contributed by atoms with Crippen molar-refractivity contribution in [2.75, 3.05) is 19.6 Å². The van der Waals surface area contributed by atoms with E-state index in [1.54, 1.807) is 6.07 Å². The summed E-state index contributed by atoms with van der Waals surface area (Å²) >= 11 is 0. The predicted octanol–water partition coefficient (Wildman–Crippen LogP) is 1.78. The third kappa shape index (κ3) is 4.57. The Morgan fingerprint density at radius 2 is 1.70 bits per heavy atom. The number of phenols is 1. The highest BCUT2D eigenvalue weighted by Crippen LogP contribution is 2.57. The molecule has 0 aromatic heterocycles. The van der Waals surface area contributed by atoms with Crippen molar-refractivity contribution in [3.8, 4) is 5.75 Å². The maximum absolute atomic E-state index is 12.9. The molecule has 9 nitrogen and oxygen atoms in total. The fourth-order valence-electron chi connectivity index (χ4n) is 10.0. The van der Waals surface area contributed by atoms with Crippen molar-refractivity contribution in [1.82, 2.24) is 4.90 Å². The fraction of sp³-hybridized carbons (Fsp3) is 0.676. The Bertz CT molecular complexity index is 1340. The second-order valence-corrected chi connectivity index (χ2v) is 14.3. The van der Waals surface area contributed by atoms with Gasteiger partial charge in [-0.15, -0.1) is 0 Å². The lowest BCUT2D eigenvalue weighted by atomic mass is 9.52. The second kappa shape index (κ2) is 11.1. The average molecular weight is 595 g/mol. The Morgan fingerprint density at radius 1 is 0.977 bits per heavy atom. The number of likely N-dealkylation sites (tertiary alicyclic amines) is 1. The second-order valence-electron chi connectivity index (χ2n) is 14.3. The van der Waals surface area contributed by atoms with Crippen LogP contribution in [0.4, 0.5) is 0 Å². The van der Waals surface area contributed by atoms with Gasteiger partial charge in [0, 0.05) is 24.4 Å². The van der Waals surface area contributed by atoms with E-state index in [-0.39, 0.29) is 18.1 Å². The first kappa shape index (κ1) is 29.6. The largest absolute Gasteiger partial charge is 0.508 e. The van der Waals surface area contributed by atoms with E-state index in [9.17, 15) is 35.4 Å². The van der Waals surface area contributed by atoms with Crippen LogP contribution in [-0.4, -0.2) is 85.0 Å². The first-order valence-corrected chi connectivity index (χ1v) is 16.3. The zero-order valence-electron chi connectivity index (χ0n) is 24.7. The van der Waals surface area contributed by atoms with Crippen molar-refractivity contribution in [3.63, 3.8) is 0 Å². The molecule has 0 spiro atoms. The lowest BCUT2D eigenvalue weighted by Gasteiger charge is -2.58. The van der Waals surface area contributed by atoms with Crippen LogP contribution < -0.4 is 5.73 Å². The number of nitrogens with two attached hydrogens (primary N) is 1. The summed E-state index contributed by atoms with van der Waals surface area (Å²) in [4.78, 5) is 15.4. The Kier molecular flexibility index (Phi) is 7.60. The number of nitrogens with zero attached hydrogens (tertiary/aromatic N) is 1. The highest BCUT2D eigenvalue weighted by Gasteiger charge is 2.65. The molecule has 6 aliphatic rings. The van der Waals surface area contributed by atoms with E-state index in [0.29, 0.717) is 30.2 Å². The number of hydrogen-bond acceptors (Lipinski definition) is 9. The van der Waals surface area contributed by atoms with E-state index in [1.807, 2.05) is 6.07 Å². The summed E-state index contributed by atoms with van der Waals surface area (Å²) < 4.78 is 0. The number of rotatable bonds is 4. The van der Waals surface area contributed by atoms with Crippen molar-refractivity contribution in [3.05, 3.63) is 46.5 Å². The molecule has 1 aromatic carbocycles. The number of carbonyl (C=O) groups is 1. The van der Waals surface area contributed by atoms with E-state index >= 15 is 0 Å². The van der Waals surface area contributed by atoms with Crippen LogP contribution in [-0.2, 0) is 11.2 Å². The van der Waals surface area contributed by atoms with Crippen LogP contribution in [0.15, 0.2) is 29.9 Å². The summed E-state index contributed by atoms with van der Waals surface area (Å²) in [5.41, 5.74) is 8.49. The maximum Gasteiger partial charge on any atom is 0.143 e. The number of aliphatic hydroxyl groups is 5. The third-order valence-corrected chi connectivity index (χ3v) is 12.1. The van der Waals surface area contributed by atoms with Crippen molar-refractivity contribution in [1.29, 1.82) is 0 Å². The van der Waals surface area contributed by atoms with Crippen molar-refractivity contribution in [2.24, 2.45) is 41.2 Å². The number of benzene rings is 1. The molecule has 3 saturated carbocycles. The minimum Gasteiger partial charge on any atom is -0.508 e. The van der Waals surface area contributed by atoms with Gasteiger partial charge in [0.2, 0.25) is 0 Å². The standard InChI is InChI=1S/C34H46N2O7/c35-33(42)29-26(38)15-19-13-18-14-24-23(9-10-25(37)28(24)30(39)27(18)31(40)34(19,43)32(29)41)22-8-7-17(16-36-11-3-4-12-36)20-5-1-2-6-21(20)22/h7-10,18-21,27,29-33,37,39-43H,1-6,11-16,35H2/t18-,19+,20?,21?,27?,29?,30?,31?,32?,33?,34+/m1/s1. The minimum atomic E-state index is -2.12. The van der Waals surface area contributed by atoms with Gasteiger partial charge in [0.15, 0.2) is 0 Å². The van der Waals surface area contributed by atoms with Crippen LogP contribution in [0.2, 0.25) is 0 Å². The SMILES string of the molecule is NC(O)C1C(=O)C[C@@H]2C[C@@H]3Cc4c(C5=CC=C(CN6CCCC6)C6CCCCC56)ccc(O)c4C(O)C3C(O)[C@]2(O)C1O. The molecule has 8 N–H and O–H groups in total. The summed E-state index contributed by atoms with van der Waals surface area (Å²) in [7, 11) is 0. The zero-order chi connectivity index (χ0) is 30.2. The summed E-state index contributed by atoms with van der Waals surface area (Å²) in [6.45, 7) is 3.35. The number of ketones is 1. The van der Waals surface area contributed by atoms with Gasteiger partial charge in [-0.2, -0.15) is 0 Å². The molecule has 0 bridgehead atoms. The Balaban J connectivity index is 1.26. The summed E-state index contributed by atoms with van der Waals surface area (Å²) in [6.07, 6.45) is 6.08. The highest BCUT2D eigenvalue weighted by atomic mass is 16.4. The van der Waals surface area contributed by atoms with Crippen molar-refractivity contribution < 1.29 is 35.4 Å². The predicted molar refractivity (Wildman–Crippen MR) is 159 cm³/mol. The molecule has 234 valence electrons. The molecule has 1 aromatic rings. The van der Waals surface area contributed by atoms with Gasteiger partial charge >= 0.3 is 0 Å². The first-order valence-electron chi connectivity index (χ1n) is 16.3. The normalized spacial score (nSPS) is 41.8. The van der Waals surface area contributed by atoms with Crippen molar-refractivity contribution in [2.45, 2.75) is 87.9 Å². The Morgan fingerprint density at radius 3 is 2.42 bits per heavy atom. The molecule has 43 heavy (non-hydrogen) atoms. The molecular weight excluding hydrogens is 548 g/mol. The molecule has 0 amide bonds. The van der Waals surface area contributed by atoms with E-state index in [2.05, 4.69) is 17.1 Å². The fourth-order valence-corrected chi connectivity index (χ4v) is 10.0. The molecule has 11 atom stereocenters. The monoisotopic (exact) mass is 594 g/mol. The number of carbonyl (C=O) groups excluding carboxylic acids is 1. The van der Waals surface area contributed by atoms with Crippen LogP contribution in [0.3, 0.4) is 0 Å². The molecule has 9 heteroatoms. The molecule has 4 fully saturated rings. The van der Waals surface area contributed by atoms with E-state index in [1.165, 1.54) is 36.8 Å². The van der Waals surface area contributed by atoms with Gasteiger partial charge in [-0.05, 0) is 98.1 Å². The van der Waals surface area contributed by atoms with Crippen LogP contribution >= 0.6 is 0 Å². The van der Waals surface area contributed by atoms with Gasteiger partial charge < -0.3 is 36.4 Å². The van der Waals surface area contributed by atoms with Crippen LogP contribution in [0.25, 0.3) is 5.57 Å².